The molecule has 1 aromatic carbocycles. The van der Waals surface area contributed by atoms with E-state index in [2.05, 4.69) is 21.2 Å². The van der Waals surface area contributed by atoms with Gasteiger partial charge in [-0.05, 0) is 35.0 Å². The molecule has 1 saturated heterocycles. The van der Waals surface area contributed by atoms with Crippen LogP contribution in [0.3, 0.4) is 0 Å². The molecule has 1 aromatic rings. The Bertz CT molecular complexity index is 297. The summed E-state index contributed by atoms with van der Waals surface area (Å²) in [5, 5.41) is 3.17. The van der Waals surface area contributed by atoms with Crippen LogP contribution in [0.4, 0.5) is 4.39 Å². The molecule has 0 amide bonds. The molecule has 1 aliphatic rings. The Hall–Kier alpha value is -0.410. The van der Waals surface area contributed by atoms with E-state index in [0.29, 0.717) is 4.47 Å². The van der Waals surface area contributed by atoms with Crippen molar-refractivity contribution in [1.82, 2.24) is 5.32 Å². The molecule has 64 valence electrons. The lowest BCUT2D eigenvalue weighted by Crippen LogP contribution is -2.35. The van der Waals surface area contributed by atoms with Crippen LogP contribution in [-0.2, 0) is 0 Å². The number of halogens is 2. The summed E-state index contributed by atoms with van der Waals surface area (Å²) in [5.74, 6) is -0.130. The summed E-state index contributed by atoms with van der Waals surface area (Å²) in [6, 6.07) is 5.64. The SMILES string of the molecule is Fc1c(Br)cccc1[C@@H]1CCN1. The molecule has 0 saturated carbocycles. The Kier molecular flexibility index (Phi) is 2.15. The highest BCUT2D eigenvalue weighted by molar-refractivity contribution is 9.10. The van der Waals surface area contributed by atoms with Gasteiger partial charge < -0.3 is 5.32 Å². The molecule has 0 unspecified atom stereocenters. The molecule has 1 atom stereocenters. The minimum absolute atomic E-state index is 0.130. The summed E-state index contributed by atoms with van der Waals surface area (Å²) in [5.41, 5.74) is 0.774. The number of rotatable bonds is 1. The van der Waals surface area contributed by atoms with Crippen molar-refractivity contribution in [3.8, 4) is 0 Å². The van der Waals surface area contributed by atoms with Crippen LogP contribution < -0.4 is 5.32 Å². The highest BCUT2D eigenvalue weighted by atomic mass is 79.9. The Morgan fingerprint density at radius 2 is 2.25 bits per heavy atom. The smallest absolute Gasteiger partial charge is 0.142 e. The van der Waals surface area contributed by atoms with Crippen molar-refractivity contribution >= 4 is 15.9 Å². The van der Waals surface area contributed by atoms with E-state index < -0.39 is 0 Å². The van der Waals surface area contributed by atoms with E-state index in [0.717, 1.165) is 18.5 Å². The van der Waals surface area contributed by atoms with Gasteiger partial charge in [-0.1, -0.05) is 12.1 Å². The van der Waals surface area contributed by atoms with Crippen LogP contribution in [-0.4, -0.2) is 6.54 Å². The molecule has 1 nitrogen and oxygen atoms in total. The van der Waals surface area contributed by atoms with Crippen LogP contribution in [0.1, 0.15) is 18.0 Å². The molecular weight excluding hydrogens is 221 g/mol. The Morgan fingerprint density at radius 3 is 2.83 bits per heavy atom. The second kappa shape index (κ2) is 3.15. The van der Waals surface area contributed by atoms with Gasteiger partial charge in [-0.3, -0.25) is 0 Å². The Balaban J connectivity index is 2.36. The van der Waals surface area contributed by atoms with Gasteiger partial charge in [0.25, 0.3) is 0 Å². The van der Waals surface area contributed by atoms with Gasteiger partial charge in [0.2, 0.25) is 0 Å². The zero-order chi connectivity index (χ0) is 8.55. The maximum absolute atomic E-state index is 13.4. The number of nitrogens with one attached hydrogen (secondary N) is 1. The van der Waals surface area contributed by atoms with E-state index in [1.165, 1.54) is 0 Å². The lowest BCUT2D eigenvalue weighted by Gasteiger charge is -2.28. The molecular formula is C9H9BrFN. The summed E-state index contributed by atoms with van der Waals surface area (Å²) in [6.07, 6.45) is 1.04. The molecule has 3 heteroatoms. The quantitative estimate of drug-likeness (QED) is 0.781. The fourth-order valence-corrected chi connectivity index (χ4v) is 1.73. The first-order valence-corrected chi connectivity index (χ1v) is 4.75. The maximum Gasteiger partial charge on any atom is 0.142 e. The summed E-state index contributed by atoms with van der Waals surface area (Å²) in [6.45, 7) is 0.997. The number of benzene rings is 1. The fourth-order valence-electron chi connectivity index (χ4n) is 1.34. The summed E-state index contributed by atoms with van der Waals surface area (Å²) in [4.78, 5) is 0. The average molecular weight is 230 g/mol. The van der Waals surface area contributed by atoms with Crippen molar-refractivity contribution in [2.24, 2.45) is 0 Å². The van der Waals surface area contributed by atoms with Gasteiger partial charge in [-0.15, -0.1) is 0 Å². The van der Waals surface area contributed by atoms with E-state index in [-0.39, 0.29) is 11.9 Å². The highest BCUT2D eigenvalue weighted by Gasteiger charge is 2.22. The zero-order valence-electron chi connectivity index (χ0n) is 6.48. The van der Waals surface area contributed by atoms with Crippen molar-refractivity contribution in [2.75, 3.05) is 6.54 Å². The van der Waals surface area contributed by atoms with Crippen LogP contribution in [0.5, 0.6) is 0 Å². The summed E-state index contributed by atoms with van der Waals surface area (Å²) in [7, 11) is 0. The van der Waals surface area contributed by atoms with Crippen molar-refractivity contribution in [3.05, 3.63) is 34.1 Å². The minimum Gasteiger partial charge on any atom is -0.310 e. The number of hydrogen-bond donors (Lipinski definition) is 1. The van der Waals surface area contributed by atoms with Crippen LogP contribution >= 0.6 is 15.9 Å². The standard InChI is InChI=1S/C9H9BrFN/c10-7-3-1-2-6(9(7)11)8-4-5-12-8/h1-3,8,12H,4-5H2/t8-/m0/s1. The Morgan fingerprint density at radius 1 is 1.50 bits per heavy atom. The largest absolute Gasteiger partial charge is 0.310 e. The predicted octanol–water partition coefficient (Wildman–Crippen LogP) is 2.62. The molecule has 0 aromatic heterocycles. The van der Waals surface area contributed by atoms with Crippen molar-refractivity contribution in [3.63, 3.8) is 0 Å². The van der Waals surface area contributed by atoms with Gasteiger partial charge in [0.05, 0.1) is 4.47 Å². The first-order valence-electron chi connectivity index (χ1n) is 3.96. The molecule has 1 aliphatic heterocycles. The molecule has 0 bridgehead atoms. The second-order valence-corrected chi connectivity index (χ2v) is 3.79. The van der Waals surface area contributed by atoms with Crippen molar-refractivity contribution in [1.29, 1.82) is 0 Å². The van der Waals surface area contributed by atoms with E-state index in [4.69, 9.17) is 0 Å². The third-order valence-corrected chi connectivity index (χ3v) is 2.79. The lowest BCUT2D eigenvalue weighted by atomic mass is 9.98. The summed E-state index contributed by atoms with van der Waals surface area (Å²) >= 11 is 3.16. The van der Waals surface area contributed by atoms with E-state index in [9.17, 15) is 4.39 Å². The zero-order valence-corrected chi connectivity index (χ0v) is 8.07. The minimum atomic E-state index is -0.130. The first-order chi connectivity index (χ1) is 5.79. The van der Waals surface area contributed by atoms with Crippen LogP contribution in [0.2, 0.25) is 0 Å². The van der Waals surface area contributed by atoms with E-state index in [1.807, 2.05) is 12.1 Å². The molecule has 0 spiro atoms. The normalized spacial score (nSPS) is 22.0. The third-order valence-electron chi connectivity index (χ3n) is 2.18. The lowest BCUT2D eigenvalue weighted by molar-refractivity contribution is 0.370. The molecule has 1 fully saturated rings. The highest BCUT2D eigenvalue weighted by Crippen LogP contribution is 2.28. The monoisotopic (exact) mass is 229 g/mol. The second-order valence-electron chi connectivity index (χ2n) is 2.94. The van der Waals surface area contributed by atoms with Gasteiger partial charge >= 0.3 is 0 Å². The molecule has 0 aliphatic carbocycles. The van der Waals surface area contributed by atoms with Crippen LogP contribution in [0.15, 0.2) is 22.7 Å². The molecule has 1 heterocycles. The van der Waals surface area contributed by atoms with Gasteiger partial charge in [0, 0.05) is 11.6 Å². The van der Waals surface area contributed by atoms with Crippen molar-refractivity contribution < 1.29 is 4.39 Å². The van der Waals surface area contributed by atoms with Crippen LogP contribution in [0, 0.1) is 5.82 Å². The van der Waals surface area contributed by atoms with Gasteiger partial charge in [-0.25, -0.2) is 4.39 Å². The maximum atomic E-state index is 13.4. The first kappa shape index (κ1) is 8.20. The molecule has 12 heavy (non-hydrogen) atoms. The summed E-state index contributed by atoms with van der Waals surface area (Å²) < 4.78 is 13.9. The van der Waals surface area contributed by atoms with E-state index >= 15 is 0 Å². The Labute approximate surface area is 79.1 Å². The molecule has 0 radical (unpaired) electrons. The van der Waals surface area contributed by atoms with Gasteiger partial charge in [0.1, 0.15) is 5.82 Å². The molecule has 1 N–H and O–H groups in total. The molecule has 2 rings (SSSR count). The van der Waals surface area contributed by atoms with Gasteiger partial charge in [0.15, 0.2) is 0 Å². The fraction of sp³-hybridized carbons (Fsp3) is 0.333. The average Bonchev–Trinajstić information content (AvgIpc) is 1.95. The van der Waals surface area contributed by atoms with Crippen molar-refractivity contribution in [2.45, 2.75) is 12.5 Å². The topological polar surface area (TPSA) is 12.0 Å². The number of hydrogen-bond acceptors (Lipinski definition) is 1. The van der Waals surface area contributed by atoms with Gasteiger partial charge in [-0.2, -0.15) is 0 Å². The third kappa shape index (κ3) is 1.27. The van der Waals surface area contributed by atoms with E-state index in [1.54, 1.807) is 6.07 Å². The predicted molar refractivity (Wildman–Crippen MR) is 49.5 cm³/mol. The van der Waals surface area contributed by atoms with Crippen LogP contribution in [0.25, 0.3) is 0 Å².